The summed E-state index contributed by atoms with van der Waals surface area (Å²) in [5.41, 5.74) is 1.39. The molecular weight excluding hydrogens is 292 g/mol. The van der Waals surface area contributed by atoms with Crippen molar-refractivity contribution in [2.24, 2.45) is 0 Å². The van der Waals surface area contributed by atoms with Gasteiger partial charge in [0.25, 0.3) is 0 Å². The van der Waals surface area contributed by atoms with E-state index >= 15 is 0 Å². The third-order valence-electron chi connectivity index (χ3n) is 5.08. The van der Waals surface area contributed by atoms with E-state index in [0.29, 0.717) is 19.8 Å². The fraction of sp³-hybridized carbons (Fsp3) is 0.667. The second-order valence-electron chi connectivity index (χ2n) is 6.77. The van der Waals surface area contributed by atoms with Gasteiger partial charge in [-0.15, -0.1) is 0 Å². The second-order valence-corrected chi connectivity index (χ2v) is 6.77. The van der Waals surface area contributed by atoms with Crippen LogP contribution in [0, 0.1) is 0 Å². The predicted octanol–water partition coefficient (Wildman–Crippen LogP) is 1.99. The summed E-state index contributed by atoms with van der Waals surface area (Å²) in [5, 5.41) is 6.23. The molecule has 0 saturated carbocycles. The van der Waals surface area contributed by atoms with Gasteiger partial charge in [-0.1, -0.05) is 12.2 Å². The lowest BCUT2D eigenvalue weighted by atomic mass is 9.89. The molecule has 2 amide bonds. The van der Waals surface area contributed by atoms with Crippen LogP contribution in [-0.4, -0.2) is 37.1 Å². The van der Waals surface area contributed by atoms with E-state index in [-0.39, 0.29) is 17.4 Å². The Hall–Kier alpha value is -1.62. The first-order chi connectivity index (χ1) is 11.2. The van der Waals surface area contributed by atoms with Gasteiger partial charge in [0.2, 0.25) is 11.8 Å². The van der Waals surface area contributed by atoms with Crippen LogP contribution in [0.15, 0.2) is 23.3 Å². The molecule has 1 aliphatic heterocycles. The van der Waals surface area contributed by atoms with Crippen LogP contribution in [0.25, 0.3) is 0 Å². The molecule has 0 aromatic rings. The van der Waals surface area contributed by atoms with Gasteiger partial charge in [-0.25, -0.2) is 0 Å². The largest absolute Gasteiger partial charge is 0.381 e. The zero-order valence-corrected chi connectivity index (χ0v) is 13.7. The number of nitrogens with one attached hydrogen (secondary N) is 2. The Balaban J connectivity index is 1.61. The number of hydrogen-bond acceptors (Lipinski definition) is 3. The predicted molar refractivity (Wildman–Crippen MR) is 87.8 cm³/mol. The second kappa shape index (κ2) is 7.30. The van der Waals surface area contributed by atoms with Crippen molar-refractivity contribution in [2.75, 3.05) is 19.8 Å². The SMILES string of the molecule is O=C(NCC1(NC(=O)C2=CCCC2)CCOCC1)C1=CCCC1. The Kier molecular flexibility index (Phi) is 5.16. The van der Waals surface area contributed by atoms with Crippen molar-refractivity contribution >= 4 is 11.8 Å². The van der Waals surface area contributed by atoms with Gasteiger partial charge in [-0.2, -0.15) is 0 Å². The number of amides is 2. The molecule has 1 saturated heterocycles. The smallest absolute Gasteiger partial charge is 0.247 e. The highest BCUT2D eigenvalue weighted by atomic mass is 16.5. The highest BCUT2D eigenvalue weighted by Crippen LogP contribution is 2.24. The maximum atomic E-state index is 12.5. The van der Waals surface area contributed by atoms with E-state index in [2.05, 4.69) is 10.6 Å². The minimum atomic E-state index is -0.381. The maximum absolute atomic E-state index is 12.5. The Bertz CT molecular complexity index is 530. The van der Waals surface area contributed by atoms with Crippen molar-refractivity contribution in [3.8, 4) is 0 Å². The number of carbonyl (C=O) groups excluding carboxylic acids is 2. The number of carbonyl (C=O) groups is 2. The van der Waals surface area contributed by atoms with Crippen LogP contribution in [0.2, 0.25) is 0 Å². The summed E-state index contributed by atoms with van der Waals surface area (Å²) in [6.07, 6.45) is 11.4. The maximum Gasteiger partial charge on any atom is 0.247 e. The molecule has 1 fully saturated rings. The molecule has 126 valence electrons. The Morgan fingerprint density at radius 3 is 2.17 bits per heavy atom. The molecule has 2 aliphatic carbocycles. The van der Waals surface area contributed by atoms with Crippen LogP contribution in [0.4, 0.5) is 0 Å². The van der Waals surface area contributed by atoms with Crippen molar-refractivity contribution in [3.05, 3.63) is 23.3 Å². The summed E-state index contributed by atoms with van der Waals surface area (Å²) in [6.45, 7) is 1.72. The van der Waals surface area contributed by atoms with Gasteiger partial charge < -0.3 is 15.4 Å². The van der Waals surface area contributed by atoms with Gasteiger partial charge in [0.1, 0.15) is 0 Å². The van der Waals surface area contributed by atoms with Crippen LogP contribution in [0.5, 0.6) is 0 Å². The molecule has 0 spiro atoms. The average molecular weight is 318 g/mol. The van der Waals surface area contributed by atoms with Gasteiger partial charge in [-0.05, 0) is 51.4 Å². The number of rotatable bonds is 5. The zero-order valence-electron chi connectivity index (χ0n) is 13.7. The van der Waals surface area contributed by atoms with E-state index in [1.165, 1.54) is 0 Å². The van der Waals surface area contributed by atoms with Crippen LogP contribution < -0.4 is 10.6 Å². The Morgan fingerprint density at radius 1 is 1.00 bits per heavy atom. The summed E-state index contributed by atoms with van der Waals surface area (Å²) in [4.78, 5) is 24.7. The molecular formula is C18H26N2O3. The molecule has 0 radical (unpaired) electrons. The van der Waals surface area contributed by atoms with Crippen molar-refractivity contribution in [2.45, 2.75) is 56.9 Å². The van der Waals surface area contributed by atoms with Crippen LogP contribution in [0.3, 0.4) is 0 Å². The Morgan fingerprint density at radius 2 is 1.61 bits per heavy atom. The molecule has 3 aliphatic rings. The highest BCUT2D eigenvalue weighted by molar-refractivity contribution is 5.95. The lowest BCUT2D eigenvalue weighted by Gasteiger charge is -2.38. The standard InChI is InChI=1S/C18H26N2O3/c21-16(14-5-1-2-6-14)19-13-18(9-11-23-12-10-18)20-17(22)15-7-3-4-8-15/h5,7H,1-4,6,8-13H2,(H,19,21)(H,20,22). The molecule has 1 heterocycles. The van der Waals surface area contributed by atoms with Gasteiger partial charge in [0, 0.05) is 30.9 Å². The highest BCUT2D eigenvalue weighted by Gasteiger charge is 2.35. The van der Waals surface area contributed by atoms with E-state index < -0.39 is 0 Å². The first-order valence-electron chi connectivity index (χ1n) is 8.75. The minimum absolute atomic E-state index is 0.0164. The van der Waals surface area contributed by atoms with E-state index in [4.69, 9.17) is 4.74 Å². The quantitative estimate of drug-likeness (QED) is 0.814. The van der Waals surface area contributed by atoms with E-state index in [1.807, 2.05) is 12.2 Å². The molecule has 3 rings (SSSR count). The lowest BCUT2D eigenvalue weighted by Crippen LogP contribution is -2.58. The van der Waals surface area contributed by atoms with E-state index in [1.54, 1.807) is 0 Å². The average Bonchev–Trinajstić information content (AvgIpc) is 3.26. The lowest BCUT2D eigenvalue weighted by molar-refractivity contribution is -0.122. The molecule has 5 nitrogen and oxygen atoms in total. The molecule has 5 heteroatoms. The van der Waals surface area contributed by atoms with Crippen LogP contribution in [0.1, 0.15) is 51.4 Å². The third-order valence-corrected chi connectivity index (χ3v) is 5.08. The third kappa shape index (κ3) is 4.02. The molecule has 0 aromatic carbocycles. The summed E-state index contributed by atoms with van der Waals surface area (Å²) in [7, 11) is 0. The fourth-order valence-corrected chi connectivity index (χ4v) is 3.55. The summed E-state index contributed by atoms with van der Waals surface area (Å²) in [5.74, 6) is 0.0430. The van der Waals surface area contributed by atoms with Crippen molar-refractivity contribution in [1.29, 1.82) is 0 Å². The molecule has 0 unspecified atom stereocenters. The van der Waals surface area contributed by atoms with Gasteiger partial charge in [-0.3, -0.25) is 9.59 Å². The zero-order chi connectivity index (χ0) is 16.1. The number of allylic oxidation sites excluding steroid dienone is 2. The van der Waals surface area contributed by atoms with Crippen molar-refractivity contribution in [3.63, 3.8) is 0 Å². The van der Waals surface area contributed by atoms with E-state index in [0.717, 1.165) is 62.5 Å². The van der Waals surface area contributed by atoms with Crippen LogP contribution in [-0.2, 0) is 14.3 Å². The first-order valence-corrected chi connectivity index (χ1v) is 8.75. The first kappa shape index (κ1) is 16.2. The normalized spacial score (nSPS) is 23.1. The molecule has 2 N–H and O–H groups in total. The molecule has 0 aromatic heterocycles. The topological polar surface area (TPSA) is 67.4 Å². The summed E-state index contributed by atoms with van der Waals surface area (Å²) >= 11 is 0. The van der Waals surface area contributed by atoms with Gasteiger partial charge in [0.15, 0.2) is 0 Å². The van der Waals surface area contributed by atoms with Gasteiger partial charge in [0.05, 0.1) is 5.54 Å². The molecule has 23 heavy (non-hydrogen) atoms. The van der Waals surface area contributed by atoms with Crippen molar-refractivity contribution < 1.29 is 14.3 Å². The molecule has 0 bridgehead atoms. The van der Waals surface area contributed by atoms with Gasteiger partial charge >= 0.3 is 0 Å². The van der Waals surface area contributed by atoms with Crippen molar-refractivity contribution in [1.82, 2.24) is 10.6 Å². The fourth-order valence-electron chi connectivity index (χ4n) is 3.55. The number of hydrogen-bond donors (Lipinski definition) is 2. The molecule has 0 atom stereocenters. The summed E-state index contributed by atoms with van der Waals surface area (Å²) < 4.78 is 5.45. The Labute approximate surface area is 137 Å². The minimum Gasteiger partial charge on any atom is -0.381 e. The van der Waals surface area contributed by atoms with Crippen LogP contribution >= 0.6 is 0 Å². The monoisotopic (exact) mass is 318 g/mol. The number of ether oxygens (including phenoxy) is 1. The summed E-state index contributed by atoms with van der Waals surface area (Å²) in [6, 6.07) is 0. The van der Waals surface area contributed by atoms with E-state index in [9.17, 15) is 9.59 Å².